The normalized spacial score (nSPS) is 28.1. The Labute approximate surface area is 158 Å². The number of carbonyl (C=O) groups excluding carboxylic acids is 2. The lowest BCUT2D eigenvalue weighted by atomic mass is 9.88. The zero-order valence-corrected chi connectivity index (χ0v) is 15.5. The van der Waals surface area contributed by atoms with Crippen molar-refractivity contribution in [3.05, 3.63) is 24.3 Å². The third kappa shape index (κ3) is 4.11. The van der Waals surface area contributed by atoms with Crippen LogP contribution in [0.1, 0.15) is 37.7 Å². The first-order valence-corrected chi connectivity index (χ1v) is 9.81. The van der Waals surface area contributed by atoms with Gasteiger partial charge in [-0.05, 0) is 37.7 Å². The Hall–Kier alpha value is -2.06. The van der Waals surface area contributed by atoms with Crippen LogP contribution in [0.15, 0.2) is 18.7 Å². The molecule has 0 N–H and O–H groups in total. The van der Waals surface area contributed by atoms with Gasteiger partial charge in [-0.3, -0.25) is 14.4 Å². The molecule has 27 heavy (non-hydrogen) atoms. The van der Waals surface area contributed by atoms with Gasteiger partial charge in [-0.25, -0.2) is 15.0 Å². The van der Waals surface area contributed by atoms with Gasteiger partial charge < -0.3 is 9.64 Å². The SMILES string of the molecule is O=C([C@@H]1C[C@H]2OCC[C@H]2N(C(=O)CCc2cncnc2)C1)N1CCCCO1. The number of hydrogen-bond donors (Lipinski definition) is 0. The van der Waals surface area contributed by atoms with E-state index in [4.69, 9.17) is 9.57 Å². The summed E-state index contributed by atoms with van der Waals surface area (Å²) in [5.74, 6) is -0.208. The number of hydroxylamine groups is 2. The van der Waals surface area contributed by atoms with Gasteiger partial charge in [0.05, 0.1) is 24.7 Å². The molecule has 0 saturated carbocycles. The summed E-state index contributed by atoms with van der Waals surface area (Å²) < 4.78 is 5.84. The highest BCUT2D eigenvalue weighted by Gasteiger charge is 2.45. The maximum atomic E-state index is 12.9. The molecule has 0 unspecified atom stereocenters. The second-order valence-corrected chi connectivity index (χ2v) is 7.47. The summed E-state index contributed by atoms with van der Waals surface area (Å²) in [5, 5.41) is 1.49. The Balaban J connectivity index is 1.41. The molecule has 3 fully saturated rings. The minimum atomic E-state index is -0.258. The minimum absolute atomic E-state index is 0.0158. The Morgan fingerprint density at radius 1 is 1.19 bits per heavy atom. The molecule has 8 nitrogen and oxygen atoms in total. The van der Waals surface area contributed by atoms with E-state index in [0.29, 0.717) is 45.6 Å². The Kier molecular flexibility index (Phi) is 5.63. The quantitative estimate of drug-likeness (QED) is 0.781. The molecule has 4 rings (SSSR count). The standard InChI is InChI=1S/C19H26N4O4/c24-18(4-3-14-10-20-13-21-11-14)22-12-15(9-17-16(22)5-8-26-17)19(25)23-6-1-2-7-27-23/h10-11,13,15-17H,1-9,12H2/t15-,16-,17-/m1/s1. The largest absolute Gasteiger partial charge is 0.376 e. The molecule has 0 aliphatic carbocycles. The summed E-state index contributed by atoms with van der Waals surface area (Å²) in [6, 6.07) is 0.0795. The van der Waals surface area contributed by atoms with Crippen LogP contribution >= 0.6 is 0 Å². The molecule has 3 saturated heterocycles. The minimum Gasteiger partial charge on any atom is -0.376 e. The van der Waals surface area contributed by atoms with Gasteiger partial charge >= 0.3 is 0 Å². The van der Waals surface area contributed by atoms with Gasteiger partial charge in [0.2, 0.25) is 5.91 Å². The van der Waals surface area contributed by atoms with Gasteiger partial charge in [0.25, 0.3) is 5.91 Å². The Bertz CT molecular complexity index is 665. The Morgan fingerprint density at radius 2 is 2.04 bits per heavy atom. The van der Waals surface area contributed by atoms with Crippen molar-refractivity contribution in [2.45, 2.75) is 50.7 Å². The fraction of sp³-hybridized carbons (Fsp3) is 0.684. The molecule has 0 radical (unpaired) electrons. The van der Waals surface area contributed by atoms with Crippen molar-refractivity contribution in [3.63, 3.8) is 0 Å². The fourth-order valence-electron chi connectivity index (χ4n) is 4.24. The summed E-state index contributed by atoms with van der Waals surface area (Å²) in [5.41, 5.74) is 0.941. The van der Waals surface area contributed by atoms with Crippen LogP contribution in [-0.2, 0) is 25.6 Å². The summed E-state index contributed by atoms with van der Waals surface area (Å²) in [6.07, 6.45) is 9.33. The van der Waals surface area contributed by atoms with Crippen molar-refractivity contribution in [1.82, 2.24) is 19.9 Å². The summed E-state index contributed by atoms with van der Waals surface area (Å²) in [4.78, 5) is 41.2. The van der Waals surface area contributed by atoms with Crippen molar-refractivity contribution >= 4 is 11.8 Å². The van der Waals surface area contributed by atoms with Crippen molar-refractivity contribution in [3.8, 4) is 0 Å². The van der Waals surface area contributed by atoms with Crippen LogP contribution in [-0.4, -0.2) is 70.2 Å². The zero-order chi connectivity index (χ0) is 18.6. The first kappa shape index (κ1) is 18.3. The highest BCUT2D eigenvalue weighted by atomic mass is 16.7. The topological polar surface area (TPSA) is 84.9 Å². The van der Waals surface area contributed by atoms with Gasteiger partial charge in [-0.15, -0.1) is 0 Å². The predicted molar refractivity (Wildman–Crippen MR) is 95.2 cm³/mol. The van der Waals surface area contributed by atoms with Crippen molar-refractivity contribution < 1.29 is 19.2 Å². The van der Waals surface area contributed by atoms with E-state index in [-0.39, 0.29) is 29.9 Å². The van der Waals surface area contributed by atoms with Gasteiger partial charge in [0, 0.05) is 38.5 Å². The highest BCUT2D eigenvalue weighted by molar-refractivity contribution is 5.81. The molecular weight excluding hydrogens is 348 g/mol. The number of aromatic nitrogens is 2. The monoisotopic (exact) mass is 374 g/mol. The second kappa shape index (κ2) is 8.31. The molecule has 146 valence electrons. The van der Waals surface area contributed by atoms with Crippen LogP contribution in [0, 0.1) is 5.92 Å². The number of nitrogens with zero attached hydrogens (tertiary/aromatic N) is 4. The van der Waals surface area contributed by atoms with Crippen LogP contribution in [0.5, 0.6) is 0 Å². The average molecular weight is 374 g/mol. The van der Waals surface area contributed by atoms with Gasteiger partial charge in [0.15, 0.2) is 0 Å². The van der Waals surface area contributed by atoms with Crippen LogP contribution < -0.4 is 0 Å². The molecular formula is C19H26N4O4. The summed E-state index contributed by atoms with van der Waals surface area (Å²) in [7, 11) is 0. The number of ether oxygens (including phenoxy) is 1. The Morgan fingerprint density at radius 3 is 2.81 bits per heavy atom. The molecule has 3 aliphatic heterocycles. The molecule has 0 bridgehead atoms. The number of hydrogen-bond acceptors (Lipinski definition) is 6. The number of likely N-dealkylation sites (tertiary alicyclic amines) is 1. The number of fused-ring (bicyclic) bond motifs is 1. The maximum Gasteiger partial charge on any atom is 0.251 e. The maximum absolute atomic E-state index is 12.9. The smallest absolute Gasteiger partial charge is 0.251 e. The number of rotatable bonds is 4. The molecule has 3 atom stereocenters. The summed E-state index contributed by atoms with van der Waals surface area (Å²) in [6.45, 7) is 2.31. The van der Waals surface area contributed by atoms with Crippen molar-refractivity contribution in [2.24, 2.45) is 5.92 Å². The van der Waals surface area contributed by atoms with E-state index >= 15 is 0 Å². The first-order valence-electron chi connectivity index (χ1n) is 9.81. The number of amides is 2. The third-order valence-electron chi connectivity index (χ3n) is 5.67. The molecule has 8 heteroatoms. The number of aryl methyl sites for hydroxylation is 1. The van der Waals surface area contributed by atoms with E-state index in [1.807, 2.05) is 4.90 Å². The number of piperidine rings is 1. The molecule has 1 aromatic rings. The van der Waals surface area contributed by atoms with E-state index in [2.05, 4.69) is 9.97 Å². The van der Waals surface area contributed by atoms with E-state index in [1.165, 1.54) is 11.4 Å². The lowest BCUT2D eigenvalue weighted by Gasteiger charge is -2.41. The van der Waals surface area contributed by atoms with E-state index in [0.717, 1.165) is 24.8 Å². The molecule has 4 heterocycles. The lowest BCUT2D eigenvalue weighted by molar-refractivity contribution is -0.204. The molecule has 1 aromatic heterocycles. The second-order valence-electron chi connectivity index (χ2n) is 7.47. The van der Waals surface area contributed by atoms with Crippen LogP contribution in [0.3, 0.4) is 0 Å². The van der Waals surface area contributed by atoms with E-state index in [9.17, 15) is 9.59 Å². The molecule has 3 aliphatic rings. The number of carbonyl (C=O) groups is 2. The molecule has 0 spiro atoms. The van der Waals surface area contributed by atoms with E-state index in [1.54, 1.807) is 12.4 Å². The van der Waals surface area contributed by atoms with Crippen LogP contribution in [0.4, 0.5) is 0 Å². The fourth-order valence-corrected chi connectivity index (χ4v) is 4.24. The zero-order valence-electron chi connectivity index (χ0n) is 15.5. The van der Waals surface area contributed by atoms with Crippen molar-refractivity contribution in [2.75, 3.05) is 26.3 Å². The molecule has 2 amide bonds. The first-order chi connectivity index (χ1) is 13.2. The van der Waals surface area contributed by atoms with Gasteiger partial charge in [-0.2, -0.15) is 0 Å². The van der Waals surface area contributed by atoms with Gasteiger partial charge in [-0.1, -0.05) is 0 Å². The van der Waals surface area contributed by atoms with E-state index < -0.39 is 0 Å². The van der Waals surface area contributed by atoms with Crippen LogP contribution in [0.2, 0.25) is 0 Å². The van der Waals surface area contributed by atoms with Crippen molar-refractivity contribution in [1.29, 1.82) is 0 Å². The lowest BCUT2D eigenvalue weighted by Crippen LogP contribution is -2.55. The van der Waals surface area contributed by atoms with Gasteiger partial charge in [0.1, 0.15) is 6.33 Å². The third-order valence-corrected chi connectivity index (χ3v) is 5.67. The predicted octanol–water partition coefficient (Wildman–Crippen LogP) is 0.969. The summed E-state index contributed by atoms with van der Waals surface area (Å²) >= 11 is 0. The highest BCUT2D eigenvalue weighted by Crippen LogP contribution is 2.33. The van der Waals surface area contributed by atoms with Crippen LogP contribution in [0.25, 0.3) is 0 Å². The molecule has 0 aromatic carbocycles. The average Bonchev–Trinajstić information content (AvgIpc) is 3.21.